The van der Waals surface area contributed by atoms with Crippen molar-refractivity contribution in [2.75, 3.05) is 6.54 Å². The van der Waals surface area contributed by atoms with E-state index in [1.807, 2.05) is 0 Å². The number of unbranched alkanes of at least 4 members (excludes halogenated alkanes) is 1. The van der Waals surface area contributed by atoms with Crippen molar-refractivity contribution in [2.45, 2.75) is 32.3 Å². The van der Waals surface area contributed by atoms with E-state index in [0.717, 1.165) is 12.8 Å². The Morgan fingerprint density at radius 1 is 1.73 bits per heavy atom. The third-order valence-corrected chi connectivity index (χ3v) is 1.37. The molecule has 2 N–H and O–H groups in total. The van der Waals surface area contributed by atoms with Gasteiger partial charge in [-0.05, 0) is 6.42 Å². The van der Waals surface area contributed by atoms with Crippen molar-refractivity contribution in [3.8, 4) is 0 Å². The van der Waals surface area contributed by atoms with E-state index in [1.54, 1.807) is 0 Å². The molecule has 1 radical (unpaired) electrons. The number of aliphatic hydroxyl groups excluding tert-OH is 1. The summed E-state index contributed by atoms with van der Waals surface area (Å²) in [5.74, 6) is -0.0985. The van der Waals surface area contributed by atoms with Gasteiger partial charge in [-0.3, -0.25) is 4.79 Å². The van der Waals surface area contributed by atoms with Gasteiger partial charge >= 0.3 is 0 Å². The Morgan fingerprint density at radius 2 is 2.36 bits per heavy atom. The lowest BCUT2D eigenvalue weighted by molar-refractivity contribution is -0.119. The predicted molar refractivity (Wildman–Crippen MR) is 43.9 cm³/mol. The Balaban J connectivity index is 3.22. The van der Waals surface area contributed by atoms with Gasteiger partial charge < -0.3 is 10.4 Å². The van der Waals surface area contributed by atoms with Crippen LogP contribution in [0.25, 0.3) is 0 Å². The van der Waals surface area contributed by atoms with Gasteiger partial charge in [0.2, 0.25) is 5.91 Å². The molecule has 0 aromatic carbocycles. The first-order valence-electron chi connectivity index (χ1n) is 3.88. The quantitative estimate of drug-likeness (QED) is 0.611. The second-order valence-corrected chi connectivity index (χ2v) is 2.59. The molecule has 0 saturated carbocycles. The molecule has 1 unspecified atom stereocenters. The van der Waals surface area contributed by atoms with Crippen LogP contribution in [0.15, 0.2) is 0 Å². The Labute approximate surface area is 67.8 Å². The van der Waals surface area contributed by atoms with E-state index in [2.05, 4.69) is 12.2 Å². The third-order valence-electron chi connectivity index (χ3n) is 1.37. The molecule has 0 rings (SSSR count). The minimum atomic E-state index is -0.416. The van der Waals surface area contributed by atoms with Crippen molar-refractivity contribution < 1.29 is 9.90 Å². The molecule has 0 saturated heterocycles. The third kappa shape index (κ3) is 7.33. The molecule has 1 atom stereocenters. The largest absolute Gasteiger partial charge is 0.391 e. The molecule has 0 heterocycles. The van der Waals surface area contributed by atoms with Crippen LogP contribution in [-0.2, 0) is 4.79 Å². The fourth-order valence-corrected chi connectivity index (χ4v) is 0.744. The van der Waals surface area contributed by atoms with Gasteiger partial charge in [0, 0.05) is 13.5 Å². The first-order valence-corrected chi connectivity index (χ1v) is 3.88. The molecule has 11 heavy (non-hydrogen) atoms. The molecule has 0 aromatic rings. The summed E-state index contributed by atoms with van der Waals surface area (Å²) in [7, 11) is 0. The summed E-state index contributed by atoms with van der Waals surface area (Å²) in [6, 6.07) is 0. The number of rotatable bonds is 5. The second kappa shape index (κ2) is 6.16. The fraction of sp³-hybridized carbons (Fsp3) is 0.750. The van der Waals surface area contributed by atoms with Gasteiger partial charge in [0.15, 0.2) is 0 Å². The smallest absolute Gasteiger partial charge is 0.216 e. The first kappa shape index (κ1) is 10.4. The number of amides is 1. The van der Waals surface area contributed by atoms with Crippen molar-refractivity contribution in [1.82, 2.24) is 5.32 Å². The molecule has 0 aliphatic rings. The van der Waals surface area contributed by atoms with Crippen LogP contribution in [0.4, 0.5) is 0 Å². The summed E-state index contributed by atoms with van der Waals surface area (Å²) in [5, 5.41) is 11.7. The maximum absolute atomic E-state index is 10.4. The summed E-state index contributed by atoms with van der Waals surface area (Å²) in [5.41, 5.74) is 0. The van der Waals surface area contributed by atoms with E-state index < -0.39 is 6.10 Å². The molecule has 0 aliphatic heterocycles. The minimum absolute atomic E-state index is 0.0985. The standard InChI is InChI=1S/C8H16NO2/c1-3-4-5-8(11)6-9-7(2)10/h8,11H,1,3-6H2,2H3,(H,9,10). The normalized spacial score (nSPS) is 12.6. The van der Waals surface area contributed by atoms with E-state index in [4.69, 9.17) is 0 Å². The van der Waals surface area contributed by atoms with Crippen molar-refractivity contribution in [2.24, 2.45) is 0 Å². The predicted octanol–water partition coefficient (Wildman–Crippen LogP) is 0.488. The first-order chi connectivity index (χ1) is 5.16. The van der Waals surface area contributed by atoms with Crippen LogP contribution in [0.3, 0.4) is 0 Å². The zero-order valence-electron chi connectivity index (χ0n) is 6.97. The van der Waals surface area contributed by atoms with Crippen molar-refractivity contribution in [1.29, 1.82) is 0 Å². The van der Waals surface area contributed by atoms with Gasteiger partial charge in [-0.2, -0.15) is 0 Å². The van der Waals surface area contributed by atoms with E-state index in [0.29, 0.717) is 13.0 Å². The number of carbonyl (C=O) groups is 1. The molecule has 3 nitrogen and oxygen atoms in total. The average molecular weight is 158 g/mol. The summed E-state index contributed by atoms with van der Waals surface area (Å²) in [6.07, 6.45) is 2.03. The van der Waals surface area contributed by atoms with Gasteiger partial charge in [-0.15, -0.1) is 0 Å². The zero-order valence-corrected chi connectivity index (χ0v) is 6.97. The Kier molecular flexibility index (Phi) is 5.84. The van der Waals surface area contributed by atoms with Crippen LogP contribution in [-0.4, -0.2) is 23.7 Å². The number of nitrogens with one attached hydrogen (secondary N) is 1. The molecule has 0 spiro atoms. The Morgan fingerprint density at radius 3 is 2.82 bits per heavy atom. The van der Waals surface area contributed by atoms with Gasteiger partial charge in [0.05, 0.1) is 6.10 Å². The van der Waals surface area contributed by atoms with Gasteiger partial charge in [-0.25, -0.2) is 0 Å². The lowest BCUT2D eigenvalue weighted by atomic mass is 10.1. The van der Waals surface area contributed by atoms with Crippen LogP contribution in [0, 0.1) is 6.92 Å². The summed E-state index contributed by atoms with van der Waals surface area (Å²) in [6.45, 7) is 5.45. The SMILES string of the molecule is [CH2]CCCC(O)CNC(C)=O. The van der Waals surface area contributed by atoms with E-state index >= 15 is 0 Å². The minimum Gasteiger partial charge on any atom is -0.391 e. The van der Waals surface area contributed by atoms with Crippen LogP contribution in [0.2, 0.25) is 0 Å². The molecule has 0 aliphatic carbocycles. The monoisotopic (exact) mass is 158 g/mol. The van der Waals surface area contributed by atoms with E-state index in [1.165, 1.54) is 6.92 Å². The second-order valence-electron chi connectivity index (χ2n) is 2.59. The summed E-state index contributed by atoms with van der Waals surface area (Å²) in [4.78, 5) is 10.4. The number of carbonyl (C=O) groups excluding carboxylic acids is 1. The lowest BCUT2D eigenvalue weighted by Crippen LogP contribution is -2.30. The maximum Gasteiger partial charge on any atom is 0.216 e. The number of hydrogen-bond acceptors (Lipinski definition) is 2. The van der Waals surface area contributed by atoms with E-state index in [-0.39, 0.29) is 5.91 Å². The van der Waals surface area contributed by atoms with Crippen molar-refractivity contribution in [3.05, 3.63) is 6.92 Å². The van der Waals surface area contributed by atoms with Gasteiger partial charge in [0.1, 0.15) is 0 Å². The summed E-state index contributed by atoms with van der Waals surface area (Å²) >= 11 is 0. The highest BCUT2D eigenvalue weighted by atomic mass is 16.3. The van der Waals surface area contributed by atoms with E-state index in [9.17, 15) is 9.90 Å². The average Bonchev–Trinajstić information content (AvgIpc) is 1.97. The molecule has 65 valence electrons. The molecular formula is C8H16NO2. The summed E-state index contributed by atoms with van der Waals surface area (Å²) < 4.78 is 0. The van der Waals surface area contributed by atoms with Crippen LogP contribution < -0.4 is 5.32 Å². The topological polar surface area (TPSA) is 49.3 Å². The highest BCUT2D eigenvalue weighted by Gasteiger charge is 2.02. The Bertz CT molecular complexity index is 115. The Hall–Kier alpha value is -0.570. The molecular weight excluding hydrogens is 142 g/mol. The van der Waals surface area contributed by atoms with Crippen molar-refractivity contribution >= 4 is 5.91 Å². The molecule has 1 amide bonds. The van der Waals surface area contributed by atoms with Gasteiger partial charge in [0.25, 0.3) is 0 Å². The van der Waals surface area contributed by atoms with Crippen LogP contribution in [0.5, 0.6) is 0 Å². The van der Waals surface area contributed by atoms with Crippen molar-refractivity contribution in [3.63, 3.8) is 0 Å². The lowest BCUT2D eigenvalue weighted by Gasteiger charge is -2.09. The van der Waals surface area contributed by atoms with Gasteiger partial charge in [-0.1, -0.05) is 19.8 Å². The molecule has 3 heteroatoms. The highest BCUT2D eigenvalue weighted by molar-refractivity contribution is 5.72. The zero-order chi connectivity index (χ0) is 8.69. The highest BCUT2D eigenvalue weighted by Crippen LogP contribution is 1.98. The molecule has 0 aromatic heterocycles. The molecule has 0 fully saturated rings. The number of aliphatic hydroxyl groups is 1. The maximum atomic E-state index is 10.4. The number of hydrogen-bond donors (Lipinski definition) is 2. The molecule has 0 bridgehead atoms. The van der Waals surface area contributed by atoms with Crippen LogP contribution >= 0.6 is 0 Å². The van der Waals surface area contributed by atoms with Crippen LogP contribution in [0.1, 0.15) is 26.2 Å². The fourth-order valence-electron chi connectivity index (χ4n) is 0.744.